The highest BCUT2D eigenvalue weighted by molar-refractivity contribution is 6.03. The monoisotopic (exact) mass is 422 g/mol. The van der Waals surface area contributed by atoms with Crippen LogP contribution in [-0.2, 0) is 27.3 Å². The quantitative estimate of drug-likeness (QED) is 0.705. The third-order valence-electron chi connectivity index (χ3n) is 5.99. The second-order valence-electron chi connectivity index (χ2n) is 7.99. The number of hydrogen-bond donors (Lipinski definition) is 0. The van der Waals surface area contributed by atoms with Gasteiger partial charge in [0.15, 0.2) is 0 Å². The standard InChI is InChI=1S/C24H26N2O5/c1-16-12-21-18(13-20(16)23(28)30-2)14-22(27)26(21)19-8-10-25(11-9-19)24(29)31-15-17-6-4-3-5-7-17/h3-7,12-13,19H,8-11,14-15H2,1-2H3. The van der Waals surface area contributed by atoms with Gasteiger partial charge < -0.3 is 19.3 Å². The highest BCUT2D eigenvalue weighted by Crippen LogP contribution is 2.35. The number of amides is 2. The number of anilines is 1. The van der Waals surface area contributed by atoms with Gasteiger partial charge in [0.05, 0.1) is 19.1 Å². The fraction of sp³-hybridized carbons (Fsp3) is 0.375. The molecule has 2 aromatic rings. The minimum absolute atomic E-state index is 0.0234. The summed E-state index contributed by atoms with van der Waals surface area (Å²) >= 11 is 0. The molecule has 2 aliphatic rings. The van der Waals surface area contributed by atoms with Gasteiger partial charge in [0.1, 0.15) is 6.61 Å². The van der Waals surface area contributed by atoms with Crippen molar-refractivity contribution < 1.29 is 23.9 Å². The third kappa shape index (κ3) is 4.26. The zero-order chi connectivity index (χ0) is 22.0. The Hall–Kier alpha value is -3.35. The lowest BCUT2D eigenvalue weighted by Crippen LogP contribution is -2.48. The maximum atomic E-state index is 12.8. The SMILES string of the molecule is COC(=O)c1cc2c(cc1C)N(C1CCN(C(=O)OCc3ccccc3)CC1)C(=O)C2. The number of fused-ring (bicyclic) bond motifs is 1. The number of aryl methyl sites for hydroxylation is 1. The topological polar surface area (TPSA) is 76.2 Å². The molecule has 0 radical (unpaired) electrons. The predicted octanol–water partition coefficient (Wildman–Crippen LogP) is 3.47. The highest BCUT2D eigenvalue weighted by atomic mass is 16.6. The summed E-state index contributed by atoms with van der Waals surface area (Å²) < 4.78 is 10.3. The van der Waals surface area contributed by atoms with Crippen molar-refractivity contribution in [1.29, 1.82) is 0 Å². The van der Waals surface area contributed by atoms with Crippen LogP contribution in [0.4, 0.5) is 10.5 Å². The number of carbonyl (C=O) groups is 3. The summed E-state index contributed by atoms with van der Waals surface area (Å²) in [6.45, 7) is 3.17. The maximum Gasteiger partial charge on any atom is 0.410 e. The lowest BCUT2D eigenvalue weighted by atomic mass is 10.0. The molecule has 0 spiro atoms. The van der Waals surface area contributed by atoms with Crippen LogP contribution in [0.25, 0.3) is 0 Å². The Kier molecular flexibility index (Phi) is 5.93. The predicted molar refractivity (Wildman–Crippen MR) is 115 cm³/mol. The number of esters is 1. The normalized spacial score (nSPS) is 16.3. The van der Waals surface area contributed by atoms with E-state index in [9.17, 15) is 14.4 Å². The van der Waals surface area contributed by atoms with Crippen molar-refractivity contribution in [2.75, 3.05) is 25.1 Å². The summed E-state index contributed by atoms with van der Waals surface area (Å²) in [5.41, 5.74) is 3.94. The molecule has 0 N–H and O–H groups in total. The molecule has 2 amide bonds. The van der Waals surface area contributed by atoms with Crippen LogP contribution < -0.4 is 4.90 Å². The van der Waals surface area contributed by atoms with E-state index in [4.69, 9.17) is 9.47 Å². The van der Waals surface area contributed by atoms with Crippen LogP contribution in [-0.4, -0.2) is 49.1 Å². The molecule has 2 aromatic carbocycles. The lowest BCUT2D eigenvalue weighted by Gasteiger charge is -2.36. The summed E-state index contributed by atoms with van der Waals surface area (Å²) in [6, 6.07) is 13.3. The molecule has 7 heteroatoms. The van der Waals surface area contributed by atoms with Crippen molar-refractivity contribution in [3.8, 4) is 0 Å². The van der Waals surface area contributed by atoms with Gasteiger partial charge in [-0.25, -0.2) is 9.59 Å². The second kappa shape index (κ2) is 8.79. The summed E-state index contributed by atoms with van der Waals surface area (Å²) in [4.78, 5) is 40.7. The Balaban J connectivity index is 1.39. The third-order valence-corrected chi connectivity index (χ3v) is 5.99. The molecule has 1 fully saturated rings. The molecule has 0 aromatic heterocycles. The van der Waals surface area contributed by atoms with E-state index in [0.29, 0.717) is 31.5 Å². The van der Waals surface area contributed by atoms with Crippen LogP contribution in [0.2, 0.25) is 0 Å². The Labute approximate surface area is 181 Å². The minimum atomic E-state index is -0.395. The molecule has 4 rings (SSSR count). The van der Waals surface area contributed by atoms with Crippen LogP contribution >= 0.6 is 0 Å². The summed E-state index contributed by atoms with van der Waals surface area (Å²) in [6.07, 6.45) is 1.32. The Morgan fingerprint density at radius 2 is 1.81 bits per heavy atom. The van der Waals surface area contributed by atoms with Gasteiger partial charge in [-0.3, -0.25) is 4.79 Å². The number of ether oxygens (including phenoxy) is 2. The van der Waals surface area contributed by atoms with Crippen molar-refractivity contribution in [2.24, 2.45) is 0 Å². The number of hydrogen-bond acceptors (Lipinski definition) is 5. The van der Waals surface area contributed by atoms with E-state index in [1.165, 1.54) is 7.11 Å². The van der Waals surface area contributed by atoms with Crippen molar-refractivity contribution in [1.82, 2.24) is 4.90 Å². The van der Waals surface area contributed by atoms with Crippen LogP contribution in [0.15, 0.2) is 42.5 Å². The Morgan fingerprint density at radius 1 is 1.10 bits per heavy atom. The second-order valence-corrected chi connectivity index (χ2v) is 7.99. The van der Waals surface area contributed by atoms with Crippen LogP contribution in [0.1, 0.15) is 39.9 Å². The van der Waals surface area contributed by atoms with E-state index in [1.807, 2.05) is 48.2 Å². The van der Waals surface area contributed by atoms with E-state index >= 15 is 0 Å². The Bertz CT molecular complexity index is 997. The van der Waals surface area contributed by atoms with E-state index in [1.54, 1.807) is 11.0 Å². The average Bonchev–Trinajstić information content (AvgIpc) is 3.11. The first-order valence-corrected chi connectivity index (χ1v) is 10.5. The molecule has 1 saturated heterocycles. The fourth-order valence-electron chi connectivity index (χ4n) is 4.33. The number of piperidine rings is 1. The molecule has 7 nitrogen and oxygen atoms in total. The highest BCUT2D eigenvalue weighted by Gasteiger charge is 2.36. The maximum absolute atomic E-state index is 12.8. The van der Waals surface area contributed by atoms with Gasteiger partial charge in [-0.15, -0.1) is 0 Å². The first-order valence-electron chi connectivity index (χ1n) is 10.5. The molecule has 0 bridgehead atoms. The molecule has 0 atom stereocenters. The summed E-state index contributed by atoms with van der Waals surface area (Å²) in [7, 11) is 1.35. The van der Waals surface area contributed by atoms with Crippen LogP contribution in [0, 0.1) is 6.92 Å². The zero-order valence-electron chi connectivity index (χ0n) is 17.8. The van der Waals surface area contributed by atoms with Gasteiger partial charge in [-0.1, -0.05) is 30.3 Å². The van der Waals surface area contributed by atoms with Crippen LogP contribution in [0.5, 0.6) is 0 Å². The van der Waals surface area contributed by atoms with Gasteiger partial charge >= 0.3 is 12.1 Å². The summed E-state index contributed by atoms with van der Waals surface area (Å²) in [5.74, 6) is -0.366. The Morgan fingerprint density at radius 3 is 2.48 bits per heavy atom. The molecule has 31 heavy (non-hydrogen) atoms. The van der Waals surface area contributed by atoms with Crippen molar-refractivity contribution in [3.05, 3.63) is 64.7 Å². The molecule has 162 valence electrons. The summed E-state index contributed by atoms with van der Waals surface area (Å²) in [5, 5.41) is 0. The van der Waals surface area contributed by atoms with E-state index in [2.05, 4.69) is 0 Å². The number of nitrogens with zero attached hydrogens (tertiary/aromatic N) is 2. The molecular formula is C24H26N2O5. The zero-order valence-corrected chi connectivity index (χ0v) is 17.8. The molecular weight excluding hydrogens is 396 g/mol. The molecule has 0 unspecified atom stereocenters. The van der Waals surface area contributed by atoms with Crippen molar-refractivity contribution in [2.45, 2.75) is 38.8 Å². The molecule has 0 aliphatic carbocycles. The van der Waals surface area contributed by atoms with Gasteiger partial charge in [0, 0.05) is 24.8 Å². The first kappa shape index (κ1) is 20.9. The molecule has 2 aliphatic heterocycles. The van der Waals surface area contributed by atoms with Crippen molar-refractivity contribution in [3.63, 3.8) is 0 Å². The van der Waals surface area contributed by atoms with Gasteiger partial charge in [-0.2, -0.15) is 0 Å². The number of rotatable bonds is 4. The fourth-order valence-corrected chi connectivity index (χ4v) is 4.33. The molecule has 0 saturated carbocycles. The van der Waals surface area contributed by atoms with E-state index < -0.39 is 5.97 Å². The number of methoxy groups -OCH3 is 1. The largest absolute Gasteiger partial charge is 0.465 e. The van der Waals surface area contributed by atoms with E-state index in [-0.39, 0.29) is 31.1 Å². The average molecular weight is 422 g/mol. The first-order chi connectivity index (χ1) is 15.0. The number of benzene rings is 2. The van der Waals surface area contributed by atoms with Crippen LogP contribution in [0.3, 0.4) is 0 Å². The van der Waals surface area contributed by atoms with Gasteiger partial charge in [-0.05, 0) is 48.6 Å². The number of likely N-dealkylation sites (tertiary alicyclic amines) is 1. The van der Waals surface area contributed by atoms with Gasteiger partial charge in [0.25, 0.3) is 0 Å². The smallest absolute Gasteiger partial charge is 0.410 e. The lowest BCUT2D eigenvalue weighted by molar-refractivity contribution is -0.118. The minimum Gasteiger partial charge on any atom is -0.465 e. The van der Waals surface area contributed by atoms with Crippen molar-refractivity contribution >= 4 is 23.7 Å². The molecule has 2 heterocycles. The number of carbonyl (C=O) groups excluding carboxylic acids is 3. The van der Waals surface area contributed by atoms with Gasteiger partial charge in [0.2, 0.25) is 5.91 Å². The van der Waals surface area contributed by atoms with E-state index in [0.717, 1.165) is 22.4 Å².